The maximum Gasteiger partial charge on any atom is 0.0897 e. The predicted molar refractivity (Wildman–Crippen MR) is 140 cm³/mol. The summed E-state index contributed by atoms with van der Waals surface area (Å²) in [6, 6.07) is 33.8. The number of rotatable bonds is 4. The van der Waals surface area contributed by atoms with Gasteiger partial charge < -0.3 is 9.88 Å². The van der Waals surface area contributed by atoms with Crippen LogP contribution in [0.2, 0.25) is 0 Å². The standard InChI is InChI=1S/C30H28N4/c1-4-12-22(13-5-1)31-26-20-28-30(21-27(26)32-23-14-6-2-7-15-23)34(24-16-8-3-9-17-24)29-19-11-10-18-25(29)33-28/h1-2,4-7,10-15,18-21,24,31H,3,8-9,16-17H2. The fourth-order valence-electron chi connectivity index (χ4n) is 5.11. The Hall–Kier alpha value is -3.92. The highest BCUT2D eigenvalue weighted by Gasteiger charge is 2.22. The summed E-state index contributed by atoms with van der Waals surface area (Å²) in [5, 5.41) is 4.51. The van der Waals surface area contributed by atoms with E-state index in [-0.39, 0.29) is 0 Å². The molecule has 0 amide bonds. The molecule has 0 bridgehead atoms. The Morgan fingerprint density at radius 2 is 1.47 bits per heavy atom. The van der Waals surface area contributed by atoms with Crippen molar-refractivity contribution in [3.63, 3.8) is 0 Å². The van der Waals surface area contributed by atoms with E-state index in [4.69, 9.17) is 9.98 Å². The lowest BCUT2D eigenvalue weighted by Crippen LogP contribution is -2.20. The van der Waals surface area contributed by atoms with E-state index in [1.165, 1.54) is 37.6 Å². The number of nitrogens with one attached hydrogen (secondary N) is 1. The van der Waals surface area contributed by atoms with E-state index >= 15 is 0 Å². The number of aromatic nitrogens is 2. The fraction of sp³-hybridized carbons (Fsp3) is 0.200. The van der Waals surface area contributed by atoms with Crippen LogP contribution in [0.1, 0.15) is 38.1 Å². The first-order valence-electron chi connectivity index (χ1n) is 12.2. The van der Waals surface area contributed by atoms with Crippen molar-refractivity contribution < 1.29 is 0 Å². The Bertz CT molecular complexity index is 1450. The van der Waals surface area contributed by atoms with Gasteiger partial charge in [-0.25, -0.2) is 9.98 Å². The average Bonchev–Trinajstić information content (AvgIpc) is 2.89. The number of hydrogen-bond acceptors (Lipinski definition) is 3. The molecule has 0 aromatic heterocycles. The molecular weight excluding hydrogens is 416 g/mol. The molecule has 6 rings (SSSR count). The van der Waals surface area contributed by atoms with Crippen LogP contribution in [0.25, 0.3) is 22.4 Å². The fourth-order valence-corrected chi connectivity index (χ4v) is 5.11. The maximum absolute atomic E-state index is 5.08. The van der Waals surface area contributed by atoms with E-state index < -0.39 is 0 Å². The molecule has 0 radical (unpaired) electrons. The van der Waals surface area contributed by atoms with Crippen molar-refractivity contribution in [2.75, 3.05) is 5.32 Å². The Morgan fingerprint density at radius 1 is 0.765 bits per heavy atom. The molecule has 0 atom stereocenters. The lowest BCUT2D eigenvalue weighted by molar-refractivity contribution is 0.361. The van der Waals surface area contributed by atoms with E-state index in [1.54, 1.807) is 0 Å². The third-order valence-corrected chi connectivity index (χ3v) is 6.73. The number of hydrogen-bond donors (Lipinski definition) is 1. The van der Waals surface area contributed by atoms with Crippen LogP contribution in [0.3, 0.4) is 0 Å². The number of nitrogens with zero attached hydrogens (tertiary/aromatic N) is 3. The Kier molecular flexibility index (Phi) is 5.56. The molecule has 0 saturated heterocycles. The van der Waals surface area contributed by atoms with E-state index in [0.29, 0.717) is 6.04 Å². The largest absolute Gasteiger partial charge is 0.354 e. The Balaban J connectivity index is 1.62. The SMILES string of the molecule is c1ccc(N=c2cc3n(C4CCCCC4)c4ccccc4nc-3cc2Nc2ccccc2)cc1. The van der Waals surface area contributed by atoms with Gasteiger partial charge >= 0.3 is 0 Å². The van der Waals surface area contributed by atoms with E-state index in [0.717, 1.165) is 39.3 Å². The second-order valence-electron chi connectivity index (χ2n) is 9.06. The van der Waals surface area contributed by atoms with Crippen LogP contribution in [0, 0.1) is 0 Å². The first kappa shape index (κ1) is 20.7. The monoisotopic (exact) mass is 444 g/mol. The number of para-hydroxylation sites is 4. The van der Waals surface area contributed by atoms with Crippen molar-refractivity contribution >= 4 is 28.1 Å². The highest BCUT2D eigenvalue weighted by atomic mass is 15.1. The minimum atomic E-state index is 0.488. The molecule has 0 unspecified atom stereocenters. The maximum atomic E-state index is 5.08. The lowest BCUT2D eigenvalue weighted by Gasteiger charge is -2.30. The number of anilines is 2. The lowest BCUT2D eigenvalue weighted by atomic mass is 9.94. The van der Waals surface area contributed by atoms with Crippen molar-refractivity contribution in [2.24, 2.45) is 4.99 Å². The molecule has 4 nitrogen and oxygen atoms in total. The van der Waals surface area contributed by atoms with Crippen LogP contribution in [0.5, 0.6) is 0 Å². The highest BCUT2D eigenvalue weighted by molar-refractivity contribution is 5.82. The summed E-state index contributed by atoms with van der Waals surface area (Å²) in [5.41, 5.74) is 7.33. The van der Waals surface area contributed by atoms with E-state index in [9.17, 15) is 0 Å². The smallest absolute Gasteiger partial charge is 0.0897 e. The highest BCUT2D eigenvalue weighted by Crippen LogP contribution is 2.36. The summed E-state index contributed by atoms with van der Waals surface area (Å²) in [4.78, 5) is 10.1. The van der Waals surface area contributed by atoms with Gasteiger partial charge in [-0.1, -0.05) is 67.8 Å². The summed E-state index contributed by atoms with van der Waals surface area (Å²) in [6.45, 7) is 0. The minimum absolute atomic E-state index is 0.488. The molecule has 34 heavy (non-hydrogen) atoms. The van der Waals surface area contributed by atoms with Crippen LogP contribution in [0.15, 0.2) is 102 Å². The molecule has 4 heteroatoms. The van der Waals surface area contributed by atoms with Gasteiger partial charge in [-0.15, -0.1) is 0 Å². The first-order valence-corrected chi connectivity index (χ1v) is 12.2. The molecule has 0 spiro atoms. The zero-order valence-electron chi connectivity index (χ0n) is 19.2. The summed E-state index contributed by atoms with van der Waals surface area (Å²) in [5.74, 6) is 0. The van der Waals surface area contributed by atoms with Crippen LogP contribution in [-0.2, 0) is 0 Å². The molecule has 2 aliphatic carbocycles. The van der Waals surface area contributed by atoms with Gasteiger partial charge in [0.2, 0.25) is 0 Å². The van der Waals surface area contributed by atoms with Crippen molar-refractivity contribution in [2.45, 2.75) is 38.1 Å². The van der Waals surface area contributed by atoms with Crippen molar-refractivity contribution in [3.8, 4) is 11.4 Å². The summed E-state index contributed by atoms with van der Waals surface area (Å²) < 4.78 is 2.53. The normalized spacial score (nSPS) is 15.1. The van der Waals surface area contributed by atoms with Gasteiger partial charge in [0.25, 0.3) is 0 Å². The average molecular weight is 445 g/mol. The zero-order valence-corrected chi connectivity index (χ0v) is 19.2. The molecule has 1 fully saturated rings. The van der Waals surface area contributed by atoms with Crippen LogP contribution >= 0.6 is 0 Å². The topological polar surface area (TPSA) is 42.2 Å². The summed E-state index contributed by atoms with van der Waals surface area (Å²) >= 11 is 0. The number of benzene rings is 4. The number of fused-ring (bicyclic) bond motifs is 2. The van der Waals surface area contributed by atoms with Crippen molar-refractivity contribution in [1.29, 1.82) is 0 Å². The van der Waals surface area contributed by atoms with Gasteiger partial charge in [-0.3, -0.25) is 0 Å². The molecule has 1 N–H and O–H groups in total. The zero-order chi connectivity index (χ0) is 22.7. The molecule has 1 saturated carbocycles. The van der Waals surface area contributed by atoms with Crippen LogP contribution in [-0.4, -0.2) is 9.55 Å². The summed E-state index contributed by atoms with van der Waals surface area (Å²) in [7, 11) is 0. The Labute approximate surface area is 200 Å². The van der Waals surface area contributed by atoms with Gasteiger partial charge in [0.1, 0.15) is 0 Å². The second kappa shape index (κ2) is 9.14. The van der Waals surface area contributed by atoms with Gasteiger partial charge in [0.15, 0.2) is 0 Å². The molecule has 168 valence electrons. The van der Waals surface area contributed by atoms with E-state index in [2.05, 4.69) is 58.4 Å². The van der Waals surface area contributed by atoms with Gasteiger partial charge in [0.05, 0.1) is 39.2 Å². The minimum Gasteiger partial charge on any atom is -0.354 e. The molecule has 1 aliphatic heterocycles. The van der Waals surface area contributed by atoms with Gasteiger partial charge in [-0.05, 0) is 61.4 Å². The predicted octanol–water partition coefficient (Wildman–Crippen LogP) is 7.62. The van der Waals surface area contributed by atoms with Crippen LogP contribution < -0.4 is 10.7 Å². The molecule has 1 heterocycles. The van der Waals surface area contributed by atoms with Gasteiger partial charge in [-0.2, -0.15) is 0 Å². The van der Waals surface area contributed by atoms with Gasteiger partial charge in [0, 0.05) is 11.7 Å². The van der Waals surface area contributed by atoms with Crippen LogP contribution in [0.4, 0.5) is 17.1 Å². The third-order valence-electron chi connectivity index (χ3n) is 6.73. The molecule has 3 aliphatic rings. The van der Waals surface area contributed by atoms with E-state index in [1.807, 2.05) is 48.5 Å². The second-order valence-corrected chi connectivity index (χ2v) is 9.06. The Morgan fingerprint density at radius 3 is 2.26 bits per heavy atom. The van der Waals surface area contributed by atoms with Crippen molar-refractivity contribution in [1.82, 2.24) is 9.55 Å². The molecular formula is C30H28N4. The quantitative estimate of drug-likeness (QED) is 0.290. The van der Waals surface area contributed by atoms with Crippen molar-refractivity contribution in [3.05, 3.63) is 102 Å². The summed E-state index contributed by atoms with van der Waals surface area (Å²) in [6.07, 6.45) is 6.32. The molecule has 3 aromatic carbocycles. The third kappa shape index (κ3) is 4.08. The first-order chi connectivity index (χ1) is 16.8. The molecule has 3 aromatic rings.